The summed E-state index contributed by atoms with van der Waals surface area (Å²) in [7, 11) is 1.76. The van der Waals surface area contributed by atoms with Gasteiger partial charge in [0.1, 0.15) is 16.8 Å². The van der Waals surface area contributed by atoms with Gasteiger partial charge in [-0.2, -0.15) is 0 Å². The van der Waals surface area contributed by atoms with Gasteiger partial charge in [-0.25, -0.2) is 13.9 Å². The first-order valence-corrected chi connectivity index (χ1v) is 15.9. The normalized spacial score (nSPS) is 17.4. The number of thioether (sulfide) groups is 2. The molecule has 3 aromatic carbocycles. The molecular formula is C30H26N6O3S3. The number of esters is 1. The van der Waals surface area contributed by atoms with E-state index in [2.05, 4.69) is 19.9 Å². The minimum atomic E-state index is -0.640. The van der Waals surface area contributed by atoms with Gasteiger partial charge in [-0.05, 0) is 46.2 Å². The second-order valence-corrected chi connectivity index (χ2v) is 12.5. The summed E-state index contributed by atoms with van der Waals surface area (Å²) >= 11 is 4.24. The number of benzene rings is 3. The fourth-order valence-electron chi connectivity index (χ4n) is 4.56. The van der Waals surface area contributed by atoms with Crippen molar-refractivity contribution in [3.05, 3.63) is 113 Å². The van der Waals surface area contributed by atoms with E-state index in [9.17, 15) is 9.59 Å². The number of nitrogens with zero attached hydrogens (tertiary/aromatic N) is 6. The van der Waals surface area contributed by atoms with Gasteiger partial charge in [0.25, 0.3) is 5.91 Å². The Morgan fingerprint density at radius 1 is 1.05 bits per heavy atom. The molecule has 0 aliphatic carbocycles. The highest BCUT2D eigenvalue weighted by atomic mass is 32.2. The number of carbonyl (C=O) groups is 2. The third-order valence-corrected chi connectivity index (χ3v) is 9.88. The zero-order chi connectivity index (χ0) is 29.1. The van der Waals surface area contributed by atoms with Crippen molar-refractivity contribution in [2.45, 2.75) is 28.5 Å². The van der Waals surface area contributed by atoms with E-state index in [1.807, 2.05) is 91.9 Å². The Kier molecular flexibility index (Phi) is 8.45. The van der Waals surface area contributed by atoms with Crippen molar-refractivity contribution in [3.8, 4) is 0 Å². The highest BCUT2D eigenvalue weighted by molar-refractivity contribution is 8.02. The molecule has 1 saturated heterocycles. The molecule has 1 fully saturated rings. The maximum Gasteiger partial charge on any atom is 0.356 e. The fourth-order valence-corrected chi connectivity index (χ4v) is 7.52. The van der Waals surface area contributed by atoms with Gasteiger partial charge in [-0.15, -0.1) is 16.9 Å². The molecule has 42 heavy (non-hydrogen) atoms. The Morgan fingerprint density at radius 3 is 2.33 bits per heavy atom. The van der Waals surface area contributed by atoms with Gasteiger partial charge in [0.05, 0.1) is 0 Å². The Labute approximate surface area is 255 Å². The highest BCUT2D eigenvalue weighted by Gasteiger charge is 2.52. The van der Waals surface area contributed by atoms with Crippen LogP contribution in [0.15, 0.2) is 111 Å². The fraction of sp³-hybridized carbons (Fsp3) is 0.200. The van der Waals surface area contributed by atoms with Gasteiger partial charge < -0.3 is 4.74 Å². The molecule has 3 heterocycles. The number of aryl methyl sites for hydroxylation is 2. The number of hydrogen-bond acceptors (Lipinski definition) is 10. The summed E-state index contributed by atoms with van der Waals surface area (Å²) in [6.07, 6.45) is -0.640. The van der Waals surface area contributed by atoms with Crippen LogP contribution in [0, 0.1) is 6.92 Å². The monoisotopic (exact) mass is 614 g/mol. The third kappa shape index (κ3) is 5.87. The van der Waals surface area contributed by atoms with Crippen LogP contribution in [-0.2, 0) is 21.4 Å². The number of tetrazole rings is 1. The number of ether oxygens (including phenoxy) is 1. The highest BCUT2D eigenvalue weighted by Crippen LogP contribution is 2.42. The van der Waals surface area contributed by atoms with E-state index in [0.29, 0.717) is 22.4 Å². The zero-order valence-corrected chi connectivity index (χ0v) is 25.2. The Morgan fingerprint density at radius 2 is 1.71 bits per heavy atom. The van der Waals surface area contributed by atoms with Crippen LogP contribution in [0.5, 0.6) is 0 Å². The van der Waals surface area contributed by atoms with Crippen LogP contribution in [0.25, 0.3) is 0 Å². The summed E-state index contributed by atoms with van der Waals surface area (Å²) in [5.74, 6) is 0.113. The lowest BCUT2D eigenvalue weighted by atomic mass is 10.0. The Hall–Kier alpha value is -3.87. The van der Waals surface area contributed by atoms with Gasteiger partial charge in [0.15, 0.2) is 6.10 Å². The van der Waals surface area contributed by atoms with Crippen molar-refractivity contribution in [1.29, 1.82) is 0 Å². The number of hydrogen-bond donors (Lipinski definition) is 0. The average Bonchev–Trinajstić information content (AvgIpc) is 3.44. The van der Waals surface area contributed by atoms with E-state index in [-0.39, 0.29) is 17.0 Å². The molecule has 1 amide bonds. The largest absolute Gasteiger partial charge is 0.448 e. The first-order valence-electron chi connectivity index (χ1n) is 13.1. The maximum atomic E-state index is 14.1. The predicted octanol–water partition coefficient (Wildman–Crippen LogP) is 5.26. The van der Waals surface area contributed by atoms with Crippen LogP contribution in [0.3, 0.4) is 0 Å². The van der Waals surface area contributed by atoms with E-state index in [4.69, 9.17) is 4.74 Å². The van der Waals surface area contributed by atoms with Gasteiger partial charge in [0, 0.05) is 35.4 Å². The summed E-state index contributed by atoms with van der Waals surface area (Å²) in [4.78, 5) is 30.1. The van der Waals surface area contributed by atoms with Crippen LogP contribution >= 0.6 is 35.5 Å². The zero-order valence-electron chi connectivity index (χ0n) is 22.8. The molecule has 0 saturated carbocycles. The lowest BCUT2D eigenvalue weighted by Gasteiger charge is -2.45. The lowest BCUT2D eigenvalue weighted by Crippen LogP contribution is -2.62. The molecule has 4 aromatic rings. The molecule has 2 aliphatic heterocycles. The van der Waals surface area contributed by atoms with E-state index in [1.54, 1.807) is 23.5 Å². The molecule has 0 radical (unpaired) electrons. The third-order valence-electron chi connectivity index (χ3n) is 6.75. The molecule has 2 aliphatic rings. The standard InChI is InChI=1S/C30H26N6O3S3/c1-19-13-15-23(16-14-19)42-32-24-27(37)36-25(22(17-40-28(24)36)18-41-30-31-33-34-35(30)2)29(38)39-26(20-9-5-3-6-10-20)21-11-7-4-8-12-21/h3-16,26,28H,17-18H2,1-2H3/b32-24+/t28-/m1/s1. The minimum absolute atomic E-state index is 0.266. The van der Waals surface area contributed by atoms with Crippen LogP contribution in [-0.4, -0.2) is 59.6 Å². The Balaban J connectivity index is 1.31. The molecule has 0 N–H and O–H groups in total. The topological polar surface area (TPSA) is 103 Å². The molecule has 0 spiro atoms. The van der Waals surface area contributed by atoms with Crippen molar-refractivity contribution in [1.82, 2.24) is 25.1 Å². The first-order chi connectivity index (χ1) is 20.5. The quantitative estimate of drug-likeness (QED) is 0.108. The van der Waals surface area contributed by atoms with Gasteiger partial charge in [-0.1, -0.05) is 90.1 Å². The second-order valence-electron chi connectivity index (χ2n) is 9.65. The SMILES string of the molecule is Cc1ccc(S/N=C2\C(=O)N3C(C(=O)OC(c4ccccc4)c4ccccc4)=C(CSc4nnnn4C)CS[C@H]23)cc1. The summed E-state index contributed by atoms with van der Waals surface area (Å²) < 4.78 is 12.4. The van der Waals surface area contributed by atoms with E-state index >= 15 is 0 Å². The van der Waals surface area contributed by atoms with Crippen LogP contribution < -0.4 is 0 Å². The predicted molar refractivity (Wildman–Crippen MR) is 165 cm³/mol. The first kappa shape index (κ1) is 28.3. The molecule has 1 atom stereocenters. The lowest BCUT2D eigenvalue weighted by molar-refractivity contribution is -0.147. The van der Waals surface area contributed by atoms with Gasteiger partial charge in [-0.3, -0.25) is 9.69 Å². The molecule has 12 heteroatoms. The minimum Gasteiger partial charge on any atom is -0.448 e. The van der Waals surface area contributed by atoms with E-state index < -0.39 is 12.1 Å². The second kappa shape index (κ2) is 12.6. The molecule has 1 aromatic heterocycles. The van der Waals surface area contributed by atoms with E-state index in [0.717, 1.165) is 27.2 Å². The molecule has 0 bridgehead atoms. The number of amides is 1. The molecule has 212 valence electrons. The van der Waals surface area contributed by atoms with Crippen molar-refractivity contribution in [2.24, 2.45) is 11.4 Å². The summed E-state index contributed by atoms with van der Waals surface area (Å²) in [5, 5.41) is 11.9. The van der Waals surface area contributed by atoms with Crippen LogP contribution in [0.4, 0.5) is 0 Å². The number of fused-ring (bicyclic) bond motifs is 1. The van der Waals surface area contributed by atoms with E-state index in [1.165, 1.54) is 28.6 Å². The molecule has 0 unspecified atom stereocenters. The van der Waals surface area contributed by atoms with Crippen molar-refractivity contribution in [2.75, 3.05) is 11.5 Å². The number of carbonyl (C=O) groups excluding carboxylic acids is 2. The smallest absolute Gasteiger partial charge is 0.356 e. The van der Waals surface area contributed by atoms with Crippen molar-refractivity contribution >= 4 is 53.1 Å². The summed E-state index contributed by atoms with van der Waals surface area (Å²) in [6, 6.07) is 27.2. The molecule has 6 rings (SSSR count). The number of β-lactam (4-membered cyclic amide) rings is 1. The van der Waals surface area contributed by atoms with Crippen LogP contribution in [0.1, 0.15) is 22.8 Å². The number of rotatable bonds is 9. The Bertz CT molecular complexity index is 1620. The van der Waals surface area contributed by atoms with Gasteiger partial charge in [0.2, 0.25) is 5.16 Å². The van der Waals surface area contributed by atoms with Crippen molar-refractivity contribution in [3.63, 3.8) is 0 Å². The summed E-state index contributed by atoms with van der Waals surface area (Å²) in [6.45, 7) is 2.02. The maximum absolute atomic E-state index is 14.1. The molecule has 9 nitrogen and oxygen atoms in total. The van der Waals surface area contributed by atoms with Crippen LogP contribution in [0.2, 0.25) is 0 Å². The van der Waals surface area contributed by atoms with Gasteiger partial charge >= 0.3 is 5.97 Å². The molecular weight excluding hydrogens is 589 g/mol. The number of aromatic nitrogens is 4. The summed E-state index contributed by atoms with van der Waals surface area (Å²) in [5.41, 5.74) is 4.32. The average molecular weight is 615 g/mol. The van der Waals surface area contributed by atoms with Crippen molar-refractivity contribution < 1.29 is 14.3 Å².